The zero-order valence-electron chi connectivity index (χ0n) is 66.9. The van der Waals surface area contributed by atoms with Gasteiger partial charge in [-0.3, -0.25) is 37.3 Å². The second-order valence-corrected chi connectivity index (χ2v) is 33.3. The minimum Gasteiger partial charge on any atom is -0.462 e. The van der Waals surface area contributed by atoms with E-state index in [0.29, 0.717) is 25.7 Å². The third kappa shape index (κ3) is 73.6. The number of ether oxygens (including phenoxy) is 4. The highest BCUT2D eigenvalue weighted by molar-refractivity contribution is 7.47. The Hall–Kier alpha value is -1.94. The average Bonchev–Trinajstić information content (AvgIpc) is 0.916. The molecule has 7 atom stereocenters. The van der Waals surface area contributed by atoms with Crippen molar-refractivity contribution < 1.29 is 80.2 Å². The van der Waals surface area contributed by atoms with Crippen LogP contribution in [-0.4, -0.2) is 96.7 Å². The number of aliphatic hydroxyl groups is 1. The number of esters is 4. The lowest BCUT2D eigenvalue weighted by Crippen LogP contribution is -2.30. The molecule has 0 aliphatic rings. The number of aliphatic hydroxyl groups excluding tert-OH is 1. The maximum absolute atomic E-state index is 13.1. The van der Waals surface area contributed by atoms with Gasteiger partial charge in [0.1, 0.15) is 19.3 Å². The van der Waals surface area contributed by atoms with Gasteiger partial charge in [-0.05, 0) is 37.5 Å². The highest BCUT2D eigenvalue weighted by Crippen LogP contribution is 2.45. The fourth-order valence-electron chi connectivity index (χ4n) is 12.8. The Morgan fingerprint density at radius 1 is 0.275 bits per heavy atom. The number of carbonyl (C=O) groups is 4. The molecule has 606 valence electrons. The molecule has 0 rings (SSSR count). The molecule has 3 N–H and O–H groups in total. The summed E-state index contributed by atoms with van der Waals surface area (Å²) in [5.74, 6) is -0.445. The number of phosphoric acid groups is 2. The zero-order chi connectivity index (χ0) is 74.9. The lowest BCUT2D eigenvalue weighted by atomic mass is 9.99. The first-order valence-electron chi connectivity index (χ1n) is 43.1. The number of rotatable bonds is 82. The Bertz CT molecular complexity index is 1960. The van der Waals surface area contributed by atoms with Crippen LogP contribution in [0.3, 0.4) is 0 Å². The second kappa shape index (κ2) is 74.5. The summed E-state index contributed by atoms with van der Waals surface area (Å²) in [7, 11) is -9.91. The number of carbonyl (C=O) groups excluding carboxylic acids is 4. The Kier molecular flexibility index (Phi) is 73.1. The fraction of sp³-hybridized carbons (Fsp3) is 0.952. The lowest BCUT2D eigenvalue weighted by molar-refractivity contribution is -0.161. The van der Waals surface area contributed by atoms with Crippen LogP contribution in [0.4, 0.5) is 0 Å². The van der Waals surface area contributed by atoms with Gasteiger partial charge in [-0.2, -0.15) is 0 Å². The van der Waals surface area contributed by atoms with E-state index >= 15 is 0 Å². The van der Waals surface area contributed by atoms with Gasteiger partial charge in [0.25, 0.3) is 0 Å². The van der Waals surface area contributed by atoms with Gasteiger partial charge in [0.05, 0.1) is 26.4 Å². The van der Waals surface area contributed by atoms with Gasteiger partial charge < -0.3 is 33.8 Å². The largest absolute Gasteiger partial charge is 0.472 e. The summed E-state index contributed by atoms with van der Waals surface area (Å²) in [6, 6.07) is 0. The molecule has 0 aromatic rings. The average molecular weight is 1490 g/mol. The maximum atomic E-state index is 13.1. The fourth-order valence-corrected chi connectivity index (χ4v) is 14.4. The molecule has 0 saturated heterocycles. The van der Waals surface area contributed by atoms with Crippen LogP contribution in [-0.2, 0) is 65.4 Å². The smallest absolute Gasteiger partial charge is 0.462 e. The summed E-state index contributed by atoms with van der Waals surface area (Å²) in [5.41, 5.74) is 0. The molecule has 0 amide bonds. The summed E-state index contributed by atoms with van der Waals surface area (Å²) >= 11 is 0. The summed E-state index contributed by atoms with van der Waals surface area (Å²) in [4.78, 5) is 72.8. The van der Waals surface area contributed by atoms with Crippen molar-refractivity contribution in [2.45, 2.75) is 458 Å². The van der Waals surface area contributed by atoms with Gasteiger partial charge in [-0.1, -0.05) is 388 Å². The molecule has 0 radical (unpaired) electrons. The van der Waals surface area contributed by atoms with Crippen LogP contribution in [0.25, 0.3) is 0 Å². The van der Waals surface area contributed by atoms with Gasteiger partial charge in [0.2, 0.25) is 0 Å². The Morgan fingerprint density at radius 2 is 0.471 bits per heavy atom. The molecule has 0 aliphatic heterocycles. The number of hydrogen-bond donors (Lipinski definition) is 3. The predicted molar refractivity (Wildman–Crippen MR) is 418 cm³/mol. The van der Waals surface area contributed by atoms with Gasteiger partial charge in [0, 0.05) is 25.7 Å². The van der Waals surface area contributed by atoms with Crippen molar-refractivity contribution >= 4 is 39.5 Å². The normalized spacial score (nSPS) is 14.4. The standard InChI is InChI=1S/C83H162O17P2/c1-7-11-13-15-16-17-18-19-20-21-22-23-24-28-31-34-37-43-48-54-60-66-81(86)94-72-79(100-83(88)67-61-55-49-44-38-35-32-29-26-25-27-30-33-36-41-46-52-57-63-75(5)9-3)74-98-102(91,92)96-70-77(84)69-95-101(89,90)97-73-78(71-93-80(85)65-59-51-14-12-8-2)99-82(87)68-62-56-50-45-40-39-42-47-53-58-64-76(6)10-4/h75-79,84H,7-74H2,1-6H3,(H,89,90)(H,91,92)/t75?,76?,77-,78+,79+/m0/s1. The molecule has 19 heteroatoms. The van der Waals surface area contributed by atoms with Crippen molar-refractivity contribution in [2.24, 2.45) is 11.8 Å². The van der Waals surface area contributed by atoms with Crippen LogP contribution >= 0.6 is 15.6 Å². The van der Waals surface area contributed by atoms with Crippen LogP contribution in [0, 0.1) is 11.8 Å². The van der Waals surface area contributed by atoms with Crippen molar-refractivity contribution in [3.63, 3.8) is 0 Å². The molecular formula is C83H162O17P2. The zero-order valence-corrected chi connectivity index (χ0v) is 68.7. The molecule has 0 aromatic carbocycles. The van der Waals surface area contributed by atoms with E-state index in [1.165, 1.54) is 250 Å². The number of phosphoric ester groups is 2. The first kappa shape index (κ1) is 100. The summed E-state index contributed by atoms with van der Waals surface area (Å²) in [6.07, 6.45) is 65.8. The van der Waals surface area contributed by atoms with Crippen molar-refractivity contribution in [2.75, 3.05) is 39.6 Å². The van der Waals surface area contributed by atoms with E-state index in [-0.39, 0.29) is 25.7 Å². The molecule has 0 fully saturated rings. The van der Waals surface area contributed by atoms with Crippen molar-refractivity contribution in [1.82, 2.24) is 0 Å². The summed E-state index contributed by atoms with van der Waals surface area (Å²) in [5, 5.41) is 10.6. The number of unbranched alkanes of at least 4 members (excludes halogenated alkanes) is 50. The van der Waals surface area contributed by atoms with Crippen LogP contribution in [0.5, 0.6) is 0 Å². The molecule has 0 aromatic heterocycles. The second-order valence-electron chi connectivity index (χ2n) is 30.4. The van der Waals surface area contributed by atoms with Crippen LogP contribution < -0.4 is 0 Å². The SMILES string of the molecule is CCCCCCCCCCCCCCCCCCCCCCCC(=O)OC[C@H](COP(=O)(O)OC[C@@H](O)COP(=O)(O)OC[C@@H](COC(=O)CCCCCCC)OC(=O)CCCCCCCCCCCCC(C)CC)OC(=O)CCCCCCCCCCCCCCCCCCCCC(C)CC. The molecule has 17 nitrogen and oxygen atoms in total. The Labute approximate surface area is 626 Å². The van der Waals surface area contributed by atoms with Crippen LogP contribution in [0.2, 0.25) is 0 Å². The number of hydrogen-bond acceptors (Lipinski definition) is 15. The van der Waals surface area contributed by atoms with Gasteiger partial charge in [-0.25, -0.2) is 9.13 Å². The van der Waals surface area contributed by atoms with Gasteiger partial charge in [0.15, 0.2) is 12.2 Å². The van der Waals surface area contributed by atoms with Crippen molar-refractivity contribution in [3.8, 4) is 0 Å². The van der Waals surface area contributed by atoms with Crippen molar-refractivity contribution in [3.05, 3.63) is 0 Å². The molecule has 0 spiro atoms. The monoisotopic (exact) mass is 1490 g/mol. The van der Waals surface area contributed by atoms with E-state index < -0.39 is 97.5 Å². The highest BCUT2D eigenvalue weighted by Gasteiger charge is 2.30. The lowest BCUT2D eigenvalue weighted by Gasteiger charge is -2.21. The van der Waals surface area contributed by atoms with E-state index in [9.17, 15) is 43.2 Å². The highest BCUT2D eigenvalue weighted by atomic mass is 31.2. The Balaban J connectivity index is 5.11. The maximum Gasteiger partial charge on any atom is 0.472 e. The molecule has 4 unspecified atom stereocenters. The predicted octanol–water partition coefficient (Wildman–Crippen LogP) is 25.1. The third-order valence-corrected chi connectivity index (χ3v) is 22.1. The Morgan fingerprint density at radius 3 is 0.696 bits per heavy atom. The minimum absolute atomic E-state index is 0.106. The molecule has 0 heterocycles. The summed E-state index contributed by atoms with van der Waals surface area (Å²) < 4.78 is 68.5. The first-order chi connectivity index (χ1) is 49.4. The molecule has 0 saturated carbocycles. The molecular weight excluding hydrogens is 1330 g/mol. The van der Waals surface area contributed by atoms with Gasteiger partial charge in [-0.15, -0.1) is 0 Å². The van der Waals surface area contributed by atoms with Crippen molar-refractivity contribution in [1.29, 1.82) is 0 Å². The van der Waals surface area contributed by atoms with Crippen LogP contribution in [0.15, 0.2) is 0 Å². The quantitative estimate of drug-likeness (QED) is 0.0222. The van der Waals surface area contributed by atoms with E-state index in [1.54, 1.807) is 0 Å². The van der Waals surface area contributed by atoms with E-state index in [0.717, 1.165) is 108 Å². The molecule has 0 bridgehead atoms. The molecule has 0 aliphatic carbocycles. The first-order valence-corrected chi connectivity index (χ1v) is 46.1. The van der Waals surface area contributed by atoms with Crippen LogP contribution in [0.1, 0.15) is 440 Å². The van der Waals surface area contributed by atoms with Gasteiger partial charge >= 0.3 is 39.5 Å². The third-order valence-electron chi connectivity index (χ3n) is 20.2. The van der Waals surface area contributed by atoms with E-state index in [1.807, 2.05) is 0 Å². The topological polar surface area (TPSA) is 237 Å². The molecule has 102 heavy (non-hydrogen) atoms. The van der Waals surface area contributed by atoms with E-state index in [2.05, 4.69) is 41.5 Å². The summed E-state index contributed by atoms with van der Waals surface area (Å²) in [6.45, 7) is 9.64. The minimum atomic E-state index is -4.96. The van der Waals surface area contributed by atoms with E-state index in [4.69, 9.17) is 37.0 Å².